The van der Waals surface area contributed by atoms with Crippen molar-refractivity contribution in [3.05, 3.63) is 0 Å². The smallest absolute Gasteiger partial charge is 0.239 e. The average Bonchev–Trinajstić information content (AvgIpc) is 2.45. The maximum absolute atomic E-state index is 12.6. The van der Waals surface area contributed by atoms with Gasteiger partial charge in [0.15, 0.2) is 0 Å². The van der Waals surface area contributed by atoms with Gasteiger partial charge in [-0.25, -0.2) is 0 Å². The molecule has 1 heterocycles. The molecule has 1 aliphatic heterocycles. The van der Waals surface area contributed by atoms with E-state index < -0.39 is 0 Å². The van der Waals surface area contributed by atoms with Crippen molar-refractivity contribution < 1.29 is 4.79 Å². The maximum atomic E-state index is 12.6. The molecule has 1 rings (SSSR count). The van der Waals surface area contributed by atoms with Gasteiger partial charge >= 0.3 is 0 Å². The normalized spacial score (nSPS) is 21.4. The van der Waals surface area contributed by atoms with Gasteiger partial charge in [-0.15, -0.1) is 0 Å². The summed E-state index contributed by atoms with van der Waals surface area (Å²) in [6.45, 7) is 15.2. The van der Waals surface area contributed by atoms with Gasteiger partial charge in [0.25, 0.3) is 0 Å². The lowest BCUT2D eigenvalue weighted by molar-refractivity contribution is -0.138. The number of piperidine rings is 1. The number of carbonyl (C=O) groups is 1. The molecule has 124 valence electrons. The van der Waals surface area contributed by atoms with Gasteiger partial charge in [-0.3, -0.25) is 4.79 Å². The van der Waals surface area contributed by atoms with Crippen molar-refractivity contribution >= 4 is 5.91 Å². The molecule has 0 spiro atoms. The topological polar surface area (TPSA) is 35.6 Å². The predicted molar refractivity (Wildman–Crippen MR) is 89.5 cm³/mol. The molecule has 0 aromatic heterocycles. The third-order valence-electron chi connectivity index (χ3n) is 4.53. The maximum Gasteiger partial charge on any atom is 0.239 e. The van der Waals surface area contributed by atoms with Crippen molar-refractivity contribution in [3.8, 4) is 0 Å². The molecular weight excluding hydrogens is 262 g/mol. The summed E-state index contributed by atoms with van der Waals surface area (Å²) in [5.74, 6) is 0.310. The zero-order valence-electron chi connectivity index (χ0n) is 14.7. The first-order chi connectivity index (χ1) is 9.99. The quantitative estimate of drug-likeness (QED) is 0.710. The summed E-state index contributed by atoms with van der Waals surface area (Å²) in [5, 5.41) is 3.41. The van der Waals surface area contributed by atoms with E-state index in [0.29, 0.717) is 18.0 Å². The lowest BCUT2D eigenvalue weighted by Gasteiger charge is -2.37. The first-order valence-corrected chi connectivity index (χ1v) is 8.78. The fraction of sp³-hybridized carbons (Fsp3) is 0.941. The minimum absolute atomic E-state index is 0.0315. The van der Waals surface area contributed by atoms with Gasteiger partial charge in [-0.05, 0) is 52.2 Å². The van der Waals surface area contributed by atoms with Crippen LogP contribution in [0.2, 0.25) is 0 Å². The lowest BCUT2D eigenvalue weighted by Crippen LogP contribution is -2.54. The molecule has 0 aliphatic carbocycles. The molecule has 1 saturated heterocycles. The summed E-state index contributed by atoms with van der Waals surface area (Å²) < 4.78 is 0. The molecule has 0 aromatic carbocycles. The number of rotatable bonds is 9. The van der Waals surface area contributed by atoms with Crippen LogP contribution in [0.3, 0.4) is 0 Å². The molecule has 1 aliphatic rings. The molecule has 4 heteroatoms. The minimum atomic E-state index is 0.0315. The number of nitrogens with one attached hydrogen (secondary N) is 1. The first-order valence-electron chi connectivity index (χ1n) is 8.78. The molecule has 0 bridgehead atoms. The van der Waals surface area contributed by atoms with Crippen molar-refractivity contribution in [2.45, 2.75) is 78.4 Å². The standard InChI is InChI=1S/C17H35N3O/c1-6-19(7-2)12-8-10-15(5)20-13-9-11-16(17(20)21)18-14(3)4/h14-16,18H,6-13H2,1-5H3. The summed E-state index contributed by atoms with van der Waals surface area (Å²) in [5.41, 5.74) is 0. The zero-order chi connectivity index (χ0) is 15.8. The van der Waals surface area contributed by atoms with Crippen LogP contribution in [0.25, 0.3) is 0 Å². The first kappa shape index (κ1) is 18.4. The Hall–Kier alpha value is -0.610. The van der Waals surface area contributed by atoms with E-state index in [1.165, 1.54) is 6.42 Å². The number of carbonyl (C=O) groups excluding carboxylic acids is 1. The van der Waals surface area contributed by atoms with Gasteiger partial charge in [0.2, 0.25) is 5.91 Å². The highest BCUT2D eigenvalue weighted by atomic mass is 16.2. The van der Waals surface area contributed by atoms with Crippen LogP contribution in [-0.4, -0.2) is 60.0 Å². The largest absolute Gasteiger partial charge is 0.339 e. The SMILES string of the molecule is CCN(CC)CCCC(C)N1CCCC(NC(C)C)C1=O. The van der Waals surface area contributed by atoms with E-state index in [1.54, 1.807) is 0 Å². The van der Waals surface area contributed by atoms with Crippen LogP contribution in [0, 0.1) is 0 Å². The number of likely N-dealkylation sites (tertiary alicyclic amines) is 1. The second-order valence-corrected chi connectivity index (χ2v) is 6.57. The van der Waals surface area contributed by atoms with E-state index in [-0.39, 0.29) is 6.04 Å². The van der Waals surface area contributed by atoms with Gasteiger partial charge in [0.1, 0.15) is 0 Å². The summed E-state index contributed by atoms with van der Waals surface area (Å²) >= 11 is 0. The Balaban J connectivity index is 2.41. The Morgan fingerprint density at radius 3 is 2.52 bits per heavy atom. The van der Waals surface area contributed by atoms with Crippen LogP contribution in [-0.2, 0) is 4.79 Å². The Labute approximate surface area is 131 Å². The fourth-order valence-electron chi connectivity index (χ4n) is 3.20. The van der Waals surface area contributed by atoms with Crippen LogP contribution in [0.15, 0.2) is 0 Å². The predicted octanol–water partition coefficient (Wildman–Crippen LogP) is 2.49. The molecule has 21 heavy (non-hydrogen) atoms. The van der Waals surface area contributed by atoms with E-state index in [9.17, 15) is 4.79 Å². The van der Waals surface area contributed by atoms with Crippen LogP contribution in [0.1, 0.15) is 60.3 Å². The van der Waals surface area contributed by atoms with Gasteiger partial charge in [0, 0.05) is 18.6 Å². The van der Waals surface area contributed by atoms with Crippen molar-refractivity contribution in [2.24, 2.45) is 0 Å². The Kier molecular flexibility index (Phi) is 8.27. The molecule has 2 unspecified atom stereocenters. The summed E-state index contributed by atoms with van der Waals surface area (Å²) in [7, 11) is 0. The summed E-state index contributed by atoms with van der Waals surface area (Å²) in [4.78, 5) is 17.1. The summed E-state index contributed by atoms with van der Waals surface area (Å²) in [6.07, 6.45) is 4.39. The Morgan fingerprint density at radius 2 is 1.95 bits per heavy atom. The van der Waals surface area contributed by atoms with Crippen molar-refractivity contribution in [3.63, 3.8) is 0 Å². The third-order valence-corrected chi connectivity index (χ3v) is 4.53. The molecule has 4 nitrogen and oxygen atoms in total. The monoisotopic (exact) mass is 297 g/mol. The van der Waals surface area contributed by atoms with E-state index in [1.807, 2.05) is 0 Å². The molecule has 1 N–H and O–H groups in total. The third kappa shape index (κ3) is 5.95. The molecule has 1 amide bonds. The Bertz CT molecular complexity index is 302. The Morgan fingerprint density at radius 1 is 1.29 bits per heavy atom. The number of hydrogen-bond acceptors (Lipinski definition) is 3. The highest BCUT2D eigenvalue weighted by Crippen LogP contribution is 2.18. The van der Waals surface area contributed by atoms with Crippen LogP contribution < -0.4 is 5.32 Å². The van der Waals surface area contributed by atoms with Gasteiger partial charge < -0.3 is 15.1 Å². The number of amides is 1. The van der Waals surface area contributed by atoms with E-state index in [0.717, 1.165) is 45.4 Å². The number of hydrogen-bond donors (Lipinski definition) is 1. The molecule has 2 atom stereocenters. The van der Waals surface area contributed by atoms with Gasteiger partial charge in [-0.1, -0.05) is 27.7 Å². The van der Waals surface area contributed by atoms with Gasteiger partial charge in [0.05, 0.1) is 6.04 Å². The van der Waals surface area contributed by atoms with Gasteiger partial charge in [-0.2, -0.15) is 0 Å². The molecule has 1 fully saturated rings. The molecule has 0 aromatic rings. The fourth-order valence-corrected chi connectivity index (χ4v) is 3.20. The highest BCUT2D eigenvalue weighted by molar-refractivity contribution is 5.82. The van der Waals surface area contributed by atoms with Crippen molar-refractivity contribution in [1.82, 2.24) is 15.1 Å². The zero-order valence-corrected chi connectivity index (χ0v) is 14.7. The van der Waals surface area contributed by atoms with E-state index in [4.69, 9.17) is 0 Å². The second-order valence-electron chi connectivity index (χ2n) is 6.57. The van der Waals surface area contributed by atoms with E-state index >= 15 is 0 Å². The molecule has 0 saturated carbocycles. The van der Waals surface area contributed by atoms with Crippen molar-refractivity contribution in [1.29, 1.82) is 0 Å². The van der Waals surface area contributed by atoms with Crippen molar-refractivity contribution in [2.75, 3.05) is 26.2 Å². The average molecular weight is 297 g/mol. The van der Waals surface area contributed by atoms with E-state index in [2.05, 4.69) is 49.7 Å². The van der Waals surface area contributed by atoms with Crippen LogP contribution in [0.4, 0.5) is 0 Å². The van der Waals surface area contributed by atoms with Crippen LogP contribution in [0.5, 0.6) is 0 Å². The number of nitrogens with zero attached hydrogens (tertiary/aromatic N) is 2. The highest BCUT2D eigenvalue weighted by Gasteiger charge is 2.31. The molecular formula is C17H35N3O. The second kappa shape index (κ2) is 9.42. The van der Waals surface area contributed by atoms with Crippen LogP contribution >= 0.6 is 0 Å². The minimum Gasteiger partial charge on any atom is -0.339 e. The molecule has 0 radical (unpaired) electrons. The summed E-state index contributed by atoms with van der Waals surface area (Å²) in [6, 6.07) is 0.769. The lowest BCUT2D eigenvalue weighted by atomic mass is 10.0.